The van der Waals surface area contributed by atoms with Crippen molar-refractivity contribution in [2.24, 2.45) is 0 Å². The Labute approximate surface area is 179 Å². The molecular weight excluding hydrogens is 405 g/mol. The van der Waals surface area contributed by atoms with E-state index in [0.717, 1.165) is 39.0 Å². The summed E-state index contributed by atoms with van der Waals surface area (Å²) in [5.41, 5.74) is 4.75. The number of halogens is 2. The number of nitrogens with zero attached hydrogens (tertiary/aromatic N) is 1. The summed E-state index contributed by atoms with van der Waals surface area (Å²) >= 11 is 12.5. The average molecular weight is 424 g/mol. The highest BCUT2D eigenvalue weighted by Crippen LogP contribution is 2.32. The molecule has 0 N–H and O–H groups in total. The van der Waals surface area contributed by atoms with Crippen LogP contribution in [-0.2, 0) is 18.0 Å². The summed E-state index contributed by atoms with van der Waals surface area (Å²) < 4.78 is 11.2. The van der Waals surface area contributed by atoms with Crippen LogP contribution in [0, 0.1) is 0 Å². The topological polar surface area (TPSA) is 31.4 Å². The van der Waals surface area contributed by atoms with Gasteiger partial charge in [0.15, 0.2) is 0 Å². The third-order valence-electron chi connectivity index (χ3n) is 4.69. The molecule has 0 fully saturated rings. The third kappa shape index (κ3) is 4.54. The highest BCUT2D eigenvalue weighted by molar-refractivity contribution is 6.42. The zero-order chi connectivity index (χ0) is 20.2. The van der Waals surface area contributed by atoms with E-state index in [2.05, 4.69) is 0 Å². The van der Waals surface area contributed by atoms with Crippen LogP contribution in [-0.4, -0.2) is 12.1 Å². The van der Waals surface area contributed by atoms with Crippen LogP contribution < -0.4 is 4.74 Å². The third-order valence-corrected chi connectivity index (χ3v) is 5.41. The minimum Gasteiger partial charge on any atom is -0.497 e. The van der Waals surface area contributed by atoms with Crippen molar-refractivity contribution < 1.29 is 9.47 Å². The summed E-state index contributed by atoms with van der Waals surface area (Å²) in [5.74, 6) is 0.802. The fraction of sp³-hybridized carbons (Fsp3) is 0.125. The van der Waals surface area contributed by atoms with Gasteiger partial charge in [-0.1, -0.05) is 53.5 Å². The van der Waals surface area contributed by atoms with Crippen LogP contribution in [0.3, 0.4) is 0 Å². The predicted octanol–water partition coefficient (Wildman–Crippen LogP) is 6.93. The van der Waals surface area contributed by atoms with Gasteiger partial charge in [0.1, 0.15) is 5.75 Å². The Hall–Kier alpha value is -2.59. The lowest BCUT2D eigenvalue weighted by atomic mass is 10.0. The molecule has 1 aromatic heterocycles. The van der Waals surface area contributed by atoms with E-state index in [-0.39, 0.29) is 0 Å². The van der Waals surface area contributed by atoms with E-state index in [1.54, 1.807) is 13.2 Å². The lowest BCUT2D eigenvalue weighted by Gasteiger charge is -2.12. The lowest BCUT2D eigenvalue weighted by molar-refractivity contribution is 0.108. The Balaban J connectivity index is 1.70. The Morgan fingerprint density at radius 3 is 2.28 bits per heavy atom. The second kappa shape index (κ2) is 8.83. The SMILES string of the molecule is COc1ccc(-c2cc(COCc3ccccc3)c3cc(Cl)c(Cl)cc3n2)cc1. The summed E-state index contributed by atoms with van der Waals surface area (Å²) in [6.45, 7) is 0.971. The Bertz CT molecular complexity index is 1130. The maximum Gasteiger partial charge on any atom is 0.118 e. The molecule has 3 nitrogen and oxygen atoms in total. The Kier molecular flexibility index (Phi) is 6.00. The predicted molar refractivity (Wildman–Crippen MR) is 119 cm³/mol. The minimum atomic E-state index is 0.440. The molecular formula is C24H19Cl2NO2. The molecule has 0 spiro atoms. The quantitative estimate of drug-likeness (QED) is 0.336. The summed E-state index contributed by atoms with van der Waals surface area (Å²) in [5, 5.41) is 1.92. The molecule has 0 atom stereocenters. The minimum absolute atomic E-state index is 0.440. The largest absolute Gasteiger partial charge is 0.497 e. The van der Waals surface area contributed by atoms with Gasteiger partial charge in [-0.25, -0.2) is 4.98 Å². The van der Waals surface area contributed by atoms with E-state index in [9.17, 15) is 0 Å². The molecule has 3 aromatic carbocycles. The number of benzene rings is 3. The molecule has 0 bridgehead atoms. The summed E-state index contributed by atoms with van der Waals surface area (Å²) in [7, 11) is 1.65. The Morgan fingerprint density at radius 1 is 0.828 bits per heavy atom. The van der Waals surface area contributed by atoms with Gasteiger partial charge in [0, 0.05) is 10.9 Å². The molecule has 0 aliphatic carbocycles. The van der Waals surface area contributed by atoms with Crippen LogP contribution >= 0.6 is 23.2 Å². The van der Waals surface area contributed by atoms with Crippen molar-refractivity contribution in [1.82, 2.24) is 4.98 Å². The maximum atomic E-state index is 6.27. The number of hydrogen-bond acceptors (Lipinski definition) is 3. The molecule has 0 unspecified atom stereocenters. The molecule has 0 saturated heterocycles. The van der Waals surface area contributed by atoms with Crippen LogP contribution in [0.2, 0.25) is 10.0 Å². The zero-order valence-electron chi connectivity index (χ0n) is 15.9. The molecule has 0 amide bonds. The van der Waals surface area contributed by atoms with E-state index >= 15 is 0 Å². The highest BCUT2D eigenvalue weighted by atomic mass is 35.5. The van der Waals surface area contributed by atoms with Crippen molar-refractivity contribution in [3.63, 3.8) is 0 Å². The van der Waals surface area contributed by atoms with Crippen LogP contribution in [0.4, 0.5) is 0 Å². The van der Waals surface area contributed by atoms with Gasteiger partial charge < -0.3 is 9.47 Å². The zero-order valence-corrected chi connectivity index (χ0v) is 17.4. The Morgan fingerprint density at radius 2 is 1.55 bits per heavy atom. The van der Waals surface area contributed by atoms with Gasteiger partial charge in [-0.05, 0) is 53.6 Å². The number of rotatable bonds is 6. The second-order valence-electron chi connectivity index (χ2n) is 6.66. The molecule has 146 valence electrons. The van der Waals surface area contributed by atoms with Gasteiger partial charge in [-0.15, -0.1) is 0 Å². The first-order valence-electron chi connectivity index (χ1n) is 9.19. The van der Waals surface area contributed by atoms with Crippen LogP contribution in [0.5, 0.6) is 5.75 Å². The second-order valence-corrected chi connectivity index (χ2v) is 7.47. The monoisotopic (exact) mass is 423 g/mol. The van der Waals surface area contributed by atoms with Crippen molar-refractivity contribution in [2.75, 3.05) is 7.11 Å². The summed E-state index contributed by atoms with van der Waals surface area (Å²) in [6.07, 6.45) is 0. The van der Waals surface area contributed by atoms with E-state index in [0.29, 0.717) is 23.3 Å². The van der Waals surface area contributed by atoms with E-state index in [1.165, 1.54) is 0 Å². The standard InChI is InChI=1S/C24H19Cl2NO2/c1-28-19-9-7-17(8-10-19)23-11-18(15-29-14-16-5-3-2-4-6-16)20-12-21(25)22(26)13-24(20)27-23/h2-13H,14-15H2,1H3. The van der Waals surface area contributed by atoms with Gasteiger partial charge in [0.25, 0.3) is 0 Å². The number of hydrogen-bond donors (Lipinski definition) is 0. The normalized spacial score (nSPS) is 11.0. The molecule has 0 saturated carbocycles. The molecule has 5 heteroatoms. The van der Waals surface area contributed by atoms with Crippen molar-refractivity contribution in [3.8, 4) is 17.0 Å². The first kappa shape index (κ1) is 19.7. The first-order valence-corrected chi connectivity index (χ1v) is 9.94. The lowest BCUT2D eigenvalue weighted by Crippen LogP contribution is -1.98. The maximum absolute atomic E-state index is 6.27. The van der Waals surface area contributed by atoms with Gasteiger partial charge in [0.05, 0.1) is 41.6 Å². The van der Waals surface area contributed by atoms with Crippen molar-refractivity contribution in [2.45, 2.75) is 13.2 Å². The number of fused-ring (bicyclic) bond motifs is 1. The number of pyridine rings is 1. The molecule has 29 heavy (non-hydrogen) atoms. The summed E-state index contributed by atoms with van der Waals surface area (Å²) in [4.78, 5) is 4.79. The van der Waals surface area contributed by atoms with E-state index < -0.39 is 0 Å². The van der Waals surface area contributed by atoms with Crippen LogP contribution in [0.15, 0.2) is 72.8 Å². The van der Waals surface area contributed by atoms with Crippen LogP contribution in [0.1, 0.15) is 11.1 Å². The van der Waals surface area contributed by atoms with Crippen molar-refractivity contribution >= 4 is 34.1 Å². The van der Waals surface area contributed by atoms with E-state index in [1.807, 2.05) is 66.7 Å². The van der Waals surface area contributed by atoms with Gasteiger partial charge in [-0.3, -0.25) is 0 Å². The van der Waals surface area contributed by atoms with Crippen molar-refractivity contribution in [3.05, 3.63) is 94.0 Å². The summed E-state index contributed by atoms with van der Waals surface area (Å²) in [6, 6.07) is 23.6. The molecule has 4 rings (SSSR count). The van der Waals surface area contributed by atoms with E-state index in [4.69, 9.17) is 37.7 Å². The number of aromatic nitrogens is 1. The van der Waals surface area contributed by atoms with Crippen molar-refractivity contribution in [1.29, 1.82) is 0 Å². The van der Waals surface area contributed by atoms with Gasteiger partial charge in [-0.2, -0.15) is 0 Å². The molecule has 0 radical (unpaired) electrons. The molecule has 0 aliphatic heterocycles. The van der Waals surface area contributed by atoms with Crippen LogP contribution in [0.25, 0.3) is 22.2 Å². The smallest absolute Gasteiger partial charge is 0.118 e. The highest BCUT2D eigenvalue weighted by Gasteiger charge is 2.11. The average Bonchev–Trinajstić information content (AvgIpc) is 2.75. The number of methoxy groups -OCH3 is 1. The molecule has 4 aromatic rings. The molecule has 0 aliphatic rings. The fourth-order valence-electron chi connectivity index (χ4n) is 3.17. The van der Waals surface area contributed by atoms with Gasteiger partial charge in [0.2, 0.25) is 0 Å². The fourth-order valence-corrected chi connectivity index (χ4v) is 3.49. The molecule has 1 heterocycles. The number of ether oxygens (including phenoxy) is 2. The first-order chi connectivity index (χ1) is 14.1. The van der Waals surface area contributed by atoms with Gasteiger partial charge >= 0.3 is 0 Å².